The maximum Gasteiger partial charge on any atom is 0.156 e. The van der Waals surface area contributed by atoms with Crippen LogP contribution in [-0.2, 0) is 6.54 Å². The van der Waals surface area contributed by atoms with E-state index in [0.29, 0.717) is 0 Å². The molecule has 0 unspecified atom stereocenters. The second-order valence-corrected chi connectivity index (χ2v) is 6.83. The summed E-state index contributed by atoms with van der Waals surface area (Å²) in [6.07, 6.45) is 7.31. The fourth-order valence-corrected chi connectivity index (χ4v) is 3.30. The van der Waals surface area contributed by atoms with Gasteiger partial charge in [0.2, 0.25) is 0 Å². The van der Waals surface area contributed by atoms with Crippen molar-refractivity contribution >= 4 is 17.0 Å². The summed E-state index contributed by atoms with van der Waals surface area (Å²) in [6, 6.07) is 14.3. The number of benzene rings is 1. The average Bonchev–Trinajstić information content (AvgIpc) is 3.39. The predicted molar refractivity (Wildman–Crippen MR) is 113 cm³/mol. The molecule has 0 saturated carbocycles. The zero-order chi connectivity index (χ0) is 19.6. The minimum atomic E-state index is 0.735. The van der Waals surface area contributed by atoms with Gasteiger partial charge in [0, 0.05) is 41.3 Å². The van der Waals surface area contributed by atoms with Crippen molar-refractivity contribution in [3.05, 3.63) is 78.5 Å². The lowest BCUT2D eigenvalue weighted by Gasteiger charge is -2.06. The van der Waals surface area contributed by atoms with Gasteiger partial charge in [-0.2, -0.15) is 5.10 Å². The number of hydrogen-bond acceptors (Lipinski definition) is 5. The van der Waals surface area contributed by atoms with E-state index in [-0.39, 0.29) is 0 Å². The Balaban J connectivity index is 1.42. The van der Waals surface area contributed by atoms with Crippen LogP contribution in [0.5, 0.6) is 0 Å². The minimum absolute atomic E-state index is 0.735. The second kappa shape index (κ2) is 7.20. The van der Waals surface area contributed by atoms with Crippen molar-refractivity contribution < 1.29 is 0 Å². The molecule has 0 spiro atoms. The SMILES string of the molecule is Cc1[nH]ncc1-c1cnc2[nH]cc(-c3ccc(NCc4ccccc4)nc3)c2n1. The molecule has 5 rings (SSSR count). The van der Waals surface area contributed by atoms with Gasteiger partial charge < -0.3 is 10.3 Å². The largest absolute Gasteiger partial charge is 0.366 e. The molecule has 5 aromatic rings. The topological polar surface area (TPSA) is 95.2 Å². The molecule has 0 atom stereocenters. The van der Waals surface area contributed by atoms with Gasteiger partial charge in [0.15, 0.2) is 5.65 Å². The van der Waals surface area contributed by atoms with Crippen molar-refractivity contribution in [2.45, 2.75) is 13.5 Å². The van der Waals surface area contributed by atoms with Gasteiger partial charge in [-0.15, -0.1) is 0 Å². The molecular weight excluding hydrogens is 362 g/mol. The van der Waals surface area contributed by atoms with E-state index < -0.39 is 0 Å². The van der Waals surface area contributed by atoms with E-state index in [1.807, 2.05) is 49.6 Å². The van der Waals surface area contributed by atoms with Gasteiger partial charge in [-0.1, -0.05) is 30.3 Å². The predicted octanol–water partition coefficient (Wildman–Crippen LogP) is 4.33. The number of pyridine rings is 1. The Morgan fingerprint density at radius 2 is 1.83 bits per heavy atom. The molecule has 4 aromatic heterocycles. The zero-order valence-corrected chi connectivity index (χ0v) is 15.8. The number of rotatable bonds is 5. The summed E-state index contributed by atoms with van der Waals surface area (Å²) in [5.74, 6) is 0.832. The normalized spacial score (nSPS) is 11.1. The summed E-state index contributed by atoms with van der Waals surface area (Å²) in [4.78, 5) is 17.1. The van der Waals surface area contributed by atoms with E-state index in [1.54, 1.807) is 12.4 Å². The molecule has 0 bridgehead atoms. The molecule has 0 radical (unpaired) electrons. The summed E-state index contributed by atoms with van der Waals surface area (Å²) < 4.78 is 0. The van der Waals surface area contributed by atoms with Gasteiger partial charge in [-0.05, 0) is 24.6 Å². The van der Waals surface area contributed by atoms with Crippen molar-refractivity contribution in [1.29, 1.82) is 0 Å². The summed E-state index contributed by atoms with van der Waals surface area (Å²) in [7, 11) is 0. The van der Waals surface area contributed by atoms with Gasteiger partial charge in [0.05, 0.1) is 18.1 Å². The van der Waals surface area contributed by atoms with Crippen molar-refractivity contribution in [1.82, 2.24) is 30.1 Å². The van der Waals surface area contributed by atoms with E-state index in [4.69, 9.17) is 4.98 Å². The van der Waals surface area contributed by atoms with Crippen molar-refractivity contribution in [3.63, 3.8) is 0 Å². The van der Waals surface area contributed by atoms with Gasteiger partial charge in [0.25, 0.3) is 0 Å². The zero-order valence-electron chi connectivity index (χ0n) is 15.8. The molecule has 1 aromatic carbocycles. The van der Waals surface area contributed by atoms with Crippen LogP contribution >= 0.6 is 0 Å². The summed E-state index contributed by atoms with van der Waals surface area (Å²) in [5.41, 5.74) is 7.43. The van der Waals surface area contributed by atoms with Crippen molar-refractivity contribution in [2.75, 3.05) is 5.32 Å². The lowest BCUT2D eigenvalue weighted by Crippen LogP contribution is -2.00. The third kappa shape index (κ3) is 3.34. The number of aryl methyl sites for hydroxylation is 1. The first-order valence-electron chi connectivity index (χ1n) is 9.36. The van der Waals surface area contributed by atoms with Crippen LogP contribution in [0.4, 0.5) is 5.82 Å². The number of aromatic nitrogens is 6. The number of anilines is 1. The molecule has 29 heavy (non-hydrogen) atoms. The van der Waals surface area contributed by atoms with Crippen LogP contribution in [0.1, 0.15) is 11.3 Å². The number of fused-ring (bicyclic) bond motifs is 1. The van der Waals surface area contributed by atoms with Crippen LogP contribution in [0, 0.1) is 6.92 Å². The number of aromatic amines is 2. The highest BCUT2D eigenvalue weighted by Crippen LogP contribution is 2.29. The number of H-pyrrole nitrogens is 2. The Bertz CT molecular complexity index is 1250. The van der Waals surface area contributed by atoms with Gasteiger partial charge in [-0.3, -0.25) is 5.10 Å². The number of hydrogen-bond donors (Lipinski definition) is 3. The molecule has 0 aliphatic carbocycles. The highest BCUT2D eigenvalue weighted by molar-refractivity contribution is 5.91. The fourth-order valence-electron chi connectivity index (χ4n) is 3.30. The lowest BCUT2D eigenvalue weighted by molar-refractivity contribution is 1.05. The molecule has 7 heteroatoms. The van der Waals surface area contributed by atoms with Gasteiger partial charge >= 0.3 is 0 Å². The van der Waals surface area contributed by atoms with Crippen LogP contribution in [0.2, 0.25) is 0 Å². The Kier molecular flexibility index (Phi) is 4.25. The summed E-state index contributed by atoms with van der Waals surface area (Å²) in [5, 5.41) is 10.4. The van der Waals surface area contributed by atoms with Crippen LogP contribution in [0.25, 0.3) is 33.5 Å². The van der Waals surface area contributed by atoms with Gasteiger partial charge in [0.1, 0.15) is 11.3 Å². The quantitative estimate of drug-likeness (QED) is 0.421. The Hall–Kier alpha value is -4.00. The monoisotopic (exact) mass is 381 g/mol. The fraction of sp³-hybridized carbons (Fsp3) is 0.0909. The van der Waals surface area contributed by atoms with Gasteiger partial charge in [-0.25, -0.2) is 15.0 Å². The number of nitrogens with one attached hydrogen (secondary N) is 3. The minimum Gasteiger partial charge on any atom is -0.366 e. The number of nitrogens with zero attached hydrogens (tertiary/aromatic N) is 4. The smallest absolute Gasteiger partial charge is 0.156 e. The molecule has 0 amide bonds. The second-order valence-electron chi connectivity index (χ2n) is 6.83. The third-order valence-electron chi connectivity index (χ3n) is 4.88. The molecule has 0 aliphatic rings. The molecule has 7 nitrogen and oxygen atoms in total. The molecule has 0 saturated heterocycles. The Morgan fingerprint density at radius 3 is 2.59 bits per heavy atom. The van der Waals surface area contributed by atoms with Crippen molar-refractivity contribution in [3.8, 4) is 22.4 Å². The van der Waals surface area contributed by atoms with E-state index in [9.17, 15) is 0 Å². The maximum atomic E-state index is 4.82. The van der Waals surface area contributed by atoms with Crippen LogP contribution in [0.3, 0.4) is 0 Å². The molecular formula is C22H19N7. The van der Waals surface area contributed by atoms with Crippen LogP contribution in [-0.4, -0.2) is 30.1 Å². The maximum absolute atomic E-state index is 4.82. The summed E-state index contributed by atoms with van der Waals surface area (Å²) >= 11 is 0. The molecule has 4 heterocycles. The third-order valence-corrected chi connectivity index (χ3v) is 4.88. The Morgan fingerprint density at radius 1 is 0.931 bits per heavy atom. The first-order valence-corrected chi connectivity index (χ1v) is 9.36. The molecule has 3 N–H and O–H groups in total. The standard InChI is InChI=1S/C22H19N7/c1-14-17(12-27-29-14)19-13-26-22-21(28-19)18(11-25-22)16-7-8-20(24-10-16)23-9-15-5-3-2-4-6-15/h2-8,10-13H,9H2,1H3,(H,23,24)(H,25,26)(H,27,29). The van der Waals surface area contributed by atoms with E-state index >= 15 is 0 Å². The summed E-state index contributed by atoms with van der Waals surface area (Å²) in [6.45, 7) is 2.70. The molecule has 0 fully saturated rings. The first-order chi connectivity index (χ1) is 14.3. The Labute approximate surface area is 167 Å². The average molecular weight is 381 g/mol. The van der Waals surface area contributed by atoms with E-state index in [1.165, 1.54) is 5.56 Å². The lowest BCUT2D eigenvalue weighted by atomic mass is 10.1. The van der Waals surface area contributed by atoms with Crippen LogP contribution in [0.15, 0.2) is 67.3 Å². The molecule has 0 aliphatic heterocycles. The highest BCUT2D eigenvalue weighted by atomic mass is 15.1. The first kappa shape index (κ1) is 17.1. The van der Waals surface area contributed by atoms with Crippen LogP contribution < -0.4 is 5.32 Å². The molecule has 142 valence electrons. The van der Waals surface area contributed by atoms with E-state index in [2.05, 4.69) is 42.6 Å². The van der Waals surface area contributed by atoms with E-state index in [0.717, 1.165) is 51.6 Å². The highest BCUT2D eigenvalue weighted by Gasteiger charge is 2.13. The van der Waals surface area contributed by atoms with Crippen molar-refractivity contribution in [2.24, 2.45) is 0 Å².